The van der Waals surface area contributed by atoms with Crippen molar-refractivity contribution in [1.29, 1.82) is 0 Å². The van der Waals surface area contributed by atoms with E-state index in [-0.39, 0.29) is 19.0 Å². The Bertz CT molecular complexity index is 429. The summed E-state index contributed by atoms with van der Waals surface area (Å²) in [6.45, 7) is -0.00181. The van der Waals surface area contributed by atoms with Crippen LogP contribution in [0.5, 0.6) is 5.75 Å². The second-order valence-corrected chi connectivity index (χ2v) is 4.45. The van der Waals surface area contributed by atoms with Gasteiger partial charge in [0.2, 0.25) is 0 Å². The number of rotatable bonds is 1. The van der Waals surface area contributed by atoms with E-state index in [1.165, 1.54) is 0 Å². The molecule has 6 heteroatoms. The quantitative estimate of drug-likeness (QED) is 0.750. The number of hydrogen-bond donors (Lipinski definition) is 1. The Morgan fingerprint density at radius 2 is 2.00 bits per heavy atom. The molecule has 0 amide bonds. The van der Waals surface area contributed by atoms with Gasteiger partial charge in [0.1, 0.15) is 17.6 Å². The molecular weight excluding hydrogens is 228 g/mol. The molecule has 1 unspecified atom stereocenters. The molecule has 1 N–H and O–H groups in total. The van der Waals surface area contributed by atoms with Crippen molar-refractivity contribution >= 4 is 22.5 Å². The summed E-state index contributed by atoms with van der Waals surface area (Å²) < 4.78 is 35.7. The monoisotopic (exact) mass is 236 g/mol. The van der Waals surface area contributed by atoms with E-state index >= 15 is 0 Å². The van der Waals surface area contributed by atoms with E-state index in [1.54, 1.807) is 24.3 Å². The van der Waals surface area contributed by atoms with E-state index in [1.807, 2.05) is 0 Å². The van der Waals surface area contributed by atoms with Gasteiger partial charge in [-0.15, -0.1) is 12.4 Å². The zero-order valence-electron chi connectivity index (χ0n) is 7.08. The minimum atomic E-state index is -4.04. The van der Waals surface area contributed by atoms with Crippen LogP contribution in [0.15, 0.2) is 24.3 Å². The normalized spacial score (nSPS) is 19.4. The van der Waals surface area contributed by atoms with Crippen LogP contribution in [0.4, 0.5) is 0 Å². The third-order valence-electron chi connectivity index (χ3n) is 2.02. The summed E-state index contributed by atoms with van der Waals surface area (Å²) in [6.07, 6.45) is 0. The van der Waals surface area contributed by atoms with Crippen molar-refractivity contribution in [2.75, 3.05) is 6.61 Å². The van der Waals surface area contributed by atoms with E-state index in [9.17, 15) is 8.42 Å². The molecule has 0 saturated carbocycles. The highest BCUT2D eigenvalue weighted by Gasteiger charge is 2.33. The van der Waals surface area contributed by atoms with E-state index in [0.717, 1.165) is 0 Å². The Labute approximate surface area is 88.1 Å². The molecule has 14 heavy (non-hydrogen) atoms. The fraction of sp³-hybridized carbons (Fsp3) is 0.250. The lowest BCUT2D eigenvalue weighted by Gasteiger charge is -2.02. The second-order valence-electron chi connectivity index (χ2n) is 2.85. The highest BCUT2D eigenvalue weighted by Crippen LogP contribution is 2.36. The number of para-hydroxylation sites is 1. The first-order chi connectivity index (χ1) is 6.09. The molecule has 1 aliphatic rings. The number of hydrogen-bond acceptors (Lipinski definition) is 3. The van der Waals surface area contributed by atoms with Crippen molar-refractivity contribution < 1.29 is 17.7 Å². The maximum Gasteiger partial charge on any atom is 0.275 e. The Hall–Kier alpha value is -0.780. The van der Waals surface area contributed by atoms with Gasteiger partial charge in [0, 0.05) is 5.56 Å². The van der Waals surface area contributed by atoms with Gasteiger partial charge in [-0.1, -0.05) is 18.2 Å². The number of fused-ring (bicyclic) bond motifs is 1. The first kappa shape index (κ1) is 11.3. The first-order valence-electron chi connectivity index (χ1n) is 3.77. The average molecular weight is 237 g/mol. The minimum absolute atomic E-state index is 0. The lowest BCUT2D eigenvalue weighted by atomic mass is 10.2. The molecule has 2 rings (SSSR count). The molecule has 0 aliphatic carbocycles. The van der Waals surface area contributed by atoms with Crippen molar-refractivity contribution in [2.24, 2.45) is 0 Å². The van der Waals surface area contributed by atoms with Crippen molar-refractivity contribution in [3.05, 3.63) is 29.8 Å². The van der Waals surface area contributed by atoms with Crippen molar-refractivity contribution in [2.45, 2.75) is 5.25 Å². The summed E-state index contributed by atoms with van der Waals surface area (Å²) in [6, 6.07) is 6.79. The van der Waals surface area contributed by atoms with Gasteiger partial charge in [-0.3, -0.25) is 4.55 Å². The van der Waals surface area contributed by atoms with Crippen LogP contribution in [0.1, 0.15) is 10.8 Å². The zero-order valence-corrected chi connectivity index (χ0v) is 8.72. The third kappa shape index (κ3) is 1.84. The third-order valence-corrected chi connectivity index (χ3v) is 3.12. The Kier molecular flexibility index (Phi) is 3.04. The van der Waals surface area contributed by atoms with Gasteiger partial charge < -0.3 is 4.74 Å². The largest absolute Gasteiger partial charge is 0.491 e. The molecule has 78 valence electrons. The molecule has 0 fully saturated rings. The highest BCUT2D eigenvalue weighted by atomic mass is 35.5. The van der Waals surface area contributed by atoms with Gasteiger partial charge in [0.25, 0.3) is 10.1 Å². The van der Waals surface area contributed by atoms with Gasteiger partial charge in [-0.2, -0.15) is 8.42 Å². The van der Waals surface area contributed by atoms with Crippen LogP contribution in [0, 0.1) is 0 Å². The second kappa shape index (κ2) is 3.76. The molecule has 1 aromatic rings. The van der Waals surface area contributed by atoms with Gasteiger partial charge in [-0.25, -0.2) is 0 Å². The molecule has 0 saturated heterocycles. The van der Waals surface area contributed by atoms with Gasteiger partial charge >= 0.3 is 0 Å². The molecule has 1 aliphatic heterocycles. The Morgan fingerprint density at radius 3 is 2.64 bits per heavy atom. The van der Waals surface area contributed by atoms with E-state index < -0.39 is 15.4 Å². The number of benzene rings is 1. The lowest BCUT2D eigenvalue weighted by molar-refractivity contribution is 0.343. The van der Waals surface area contributed by atoms with Crippen LogP contribution in [-0.4, -0.2) is 19.6 Å². The van der Waals surface area contributed by atoms with Crippen LogP contribution in [0.2, 0.25) is 0 Å². The van der Waals surface area contributed by atoms with Crippen molar-refractivity contribution in [3.8, 4) is 5.75 Å². The SMILES string of the molecule is Cl.O=S(=O)(O)C1COc2ccccc21. The van der Waals surface area contributed by atoms with Crippen LogP contribution in [0.25, 0.3) is 0 Å². The minimum Gasteiger partial charge on any atom is -0.491 e. The predicted molar refractivity (Wildman–Crippen MR) is 53.5 cm³/mol. The molecule has 0 radical (unpaired) electrons. The van der Waals surface area contributed by atoms with Crippen LogP contribution < -0.4 is 4.74 Å². The van der Waals surface area contributed by atoms with Crippen molar-refractivity contribution in [3.63, 3.8) is 0 Å². The van der Waals surface area contributed by atoms with Crippen molar-refractivity contribution in [1.82, 2.24) is 0 Å². The lowest BCUT2D eigenvalue weighted by Crippen LogP contribution is -2.13. The number of ether oxygens (including phenoxy) is 1. The maximum absolute atomic E-state index is 10.9. The molecule has 0 bridgehead atoms. The van der Waals surface area contributed by atoms with Gasteiger partial charge in [-0.05, 0) is 6.07 Å². The molecule has 1 heterocycles. The van der Waals surface area contributed by atoms with Gasteiger partial charge in [0.15, 0.2) is 0 Å². The molecule has 4 nitrogen and oxygen atoms in total. The zero-order chi connectivity index (χ0) is 9.47. The smallest absolute Gasteiger partial charge is 0.275 e. The molecule has 0 aromatic heterocycles. The summed E-state index contributed by atoms with van der Waals surface area (Å²) in [4.78, 5) is 0. The van der Waals surface area contributed by atoms with E-state index in [2.05, 4.69) is 0 Å². The highest BCUT2D eigenvalue weighted by molar-refractivity contribution is 7.86. The molecule has 0 spiro atoms. The van der Waals surface area contributed by atoms with Crippen LogP contribution in [-0.2, 0) is 10.1 Å². The van der Waals surface area contributed by atoms with Crippen LogP contribution >= 0.6 is 12.4 Å². The predicted octanol–water partition coefficient (Wildman–Crippen LogP) is 1.43. The first-order valence-corrected chi connectivity index (χ1v) is 5.27. The van der Waals surface area contributed by atoms with Gasteiger partial charge in [0.05, 0.1) is 0 Å². The topological polar surface area (TPSA) is 63.6 Å². The Morgan fingerprint density at radius 1 is 1.36 bits per heavy atom. The average Bonchev–Trinajstić information content (AvgIpc) is 2.45. The fourth-order valence-corrected chi connectivity index (χ4v) is 2.14. The van der Waals surface area contributed by atoms with E-state index in [0.29, 0.717) is 11.3 Å². The standard InChI is InChI=1S/C8H8O4S.ClH/c9-13(10,11)8-5-12-7-4-2-1-3-6(7)8;/h1-4,8H,5H2,(H,9,10,11);1H. The van der Waals surface area contributed by atoms with Crippen LogP contribution in [0.3, 0.4) is 0 Å². The van der Waals surface area contributed by atoms with E-state index in [4.69, 9.17) is 9.29 Å². The molecule has 1 aromatic carbocycles. The Balaban J connectivity index is 0.000000980. The summed E-state index contributed by atoms with van der Waals surface area (Å²) >= 11 is 0. The summed E-state index contributed by atoms with van der Waals surface area (Å²) in [5.74, 6) is 0.533. The molecular formula is C8H9ClO4S. The fourth-order valence-electron chi connectivity index (χ4n) is 1.38. The maximum atomic E-state index is 10.9. The number of halogens is 1. The molecule has 1 atom stereocenters. The summed E-state index contributed by atoms with van der Waals surface area (Å²) in [5, 5.41) is -0.927. The summed E-state index contributed by atoms with van der Waals surface area (Å²) in [7, 11) is -4.04. The summed E-state index contributed by atoms with van der Waals surface area (Å²) in [5.41, 5.74) is 0.532.